The molecule has 2 aromatic carbocycles. The first-order chi connectivity index (χ1) is 18.5. The van der Waals surface area contributed by atoms with Gasteiger partial charge in [0.25, 0.3) is 5.91 Å². The van der Waals surface area contributed by atoms with Crippen molar-refractivity contribution < 1.29 is 14.4 Å². The summed E-state index contributed by atoms with van der Waals surface area (Å²) in [4.78, 5) is 45.6. The lowest BCUT2D eigenvalue weighted by molar-refractivity contribution is -0.138. The van der Waals surface area contributed by atoms with Crippen molar-refractivity contribution in [2.24, 2.45) is 0 Å². The molecule has 0 radical (unpaired) electrons. The summed E-state index contributed by atoms with van der Waals surface area (Å²) in [5.74, 6) is -0.825. The third-order valence-electron chi connectivity index (χ3n) is 7.82. The Balaban J connectivity index is 1.04. The molecule has 2 N–H and O–H groups in total. The molecule has 7 rings (SSSR count). The highest BCUT2D eigenvalue weighted by atomic mass is 32.1. The van der Waals surface area contributed by atoms with E-state index < -0.39 is 6.04 Å². The van der Waals surface area contributed by atoms with Crippen molar-refractivity contribution in [1.82, 2.24) is 30.2 Å². The minimum atomic E-state index is -0.911. The lowest BCUT2D eigenvalue weighted by Gasteiger charge is -2.39. The van der Waals surface area contributed by atoms with Gasteiger partial charge >= 0.3 is 0 Å². The van der Waals surface area contributed by atoms with Gasteiger partial charge in [0.1, 0.15) is 16.7 Å². The number of aromatic nitrogens is 4. The van der Waals surface area contributed by atoms with Crippen LogP contribution in [0.15, 0.2) is 54.7 Å². The Bertz CT molecular complexity index is 1530. The van der Waals surface area contributed by atoms with Gasteiger partial charge in [-0.05, 0) is 49.9 Å². The molecule has 0 aliphatic carbocycles. The van der Waals surface area contributed by atoms with Gasteiger partial charge in [-0.1, -0.05) is 29.5 Å². The molecule has 11 heteroatoms. The van der Waals surface area contributed by atoms with Gasteiger partial charge in [-0.3, -0.25) is 14.4 Å². The largest absolute Gasteiger partial charge is 0.340 e. The highest BCUT2D eigenvalue weighted by Crippen LogP contribution is 2.41. The summed E-state index contributed by atoms with van der Waals surface area (Å²) in [6.45, 7) is 0. The first-order valence-electron chi connectivity index (χ1n) is 12.8. The van der Waals surface area contributed by atoms with Crippen LogP contribution in [0.25, 0.3) is 20.9 Å². The molecule has 0 spiro atoms. The highest BCUT2D eigenvalue weighted by molar-refractivity contribution is 7.21. The van der Waals surface area contributed by atoms with Crippen LogP contribution in [-0.2, 0) is 9.59 Å². The van der Waals surface area contributed by atoms with Crippen LogP contribution in [0.2, 0.25) is 0 Å². The first-order valence-corrected chi connectivity index (χ1v) is 13.6. The Morgan fingerprint density at radius 3 is 2.58 bits per heavy atom. The topological polar surface area (TPSA) is 122 Å². The number of rotatable bonds is 4. The molecule has 3 amide bonds. The van der Waals surface area contributed by atoms with Crippen LogP contribution < -0.4 is 10.6 Å². The molecule has 10 nitrogen and oxygen atoms in total. The van der Waals surface area contributed by atoms with Crippen molar-refractivity contribution in [3.05, 3.63) is 60.3 Å². The van der Waals surface area contributed by atoms with Crippen LogP contribution in [0.4, 0.5) is 5.69 Å². The number of carbonyl (C=O) groups is 3. The Hall–Kier alpha value is -4.12. The Morgan fingerprint density at radius 1 is 1.00 bits per heavy atom. The zero-order valence-corrected chi connectivity index (χ0v) is 21.2. The lowest BCUT2D eigenvalue weighted by Crippen LogP contribution is -2.51. The zero-order chi connectivity index (χ0) is 25.8. The van der Waals surface area contributed by atoms with Gasteiger partial charge in [0.15, 0.2) is 0 Å². The fourth-order valence-corrected chi connectivity index (χ4v) is 6.96. The third kappa shape index (κ3) is 3.94. The molecule has 38 heavy (non-hydrogen) atoms. The predicted octanol–water partition coefficient (Wildman–Crippen LogP) is 3.39. The van der Waals surface area contributed by atoms with Gasteiger partial charge in [-0.15, -0.1) is 16.4 Å². The average molecular weight is 528 g/mol. The number of carbonyl (C=O) groups excluding carboxylic acids is 3. The number of nitrogens with one attached hydrogen (secondary N) is 2. The summed E-state index contributed by atoms with van der Waals surface area (Å²) in [6.07, 6.45) is 5.29. The van der Waals surface area contributed by atoms with Crippen LogP contribution >= 0.6 is 11.3 Å². The molecule has 2 unspecified atom stereocenters. The van der Waals surface area contributed by atoms with Gasteiger partial charge in [0.2, 0.25) is 11.8 Å². The van der Waals surface area contributed by atoms with Gasteiger partial charge in [-0.25, -0.2) is 9.67 Å². The summed E-state index contributed by atoms with van der Waals surface area (Å²) in [7, 11) is 0. The smallest absolute Gasteiger partial charge is 0.254 e. The lowest BCUT2D eigenvalue weighted by atomic mass is 9.96. The minimum Gasteiger partial charge on any atom is -0.340 e. The van der Waals surface area contributed by atoms with E-state index in [2.05, 4.69) is 20.9 Å². The van der Waals surface area contributed by atoms with Gasteiger partial charge in [-0.2, -0.15) is 0 Å². The number of piperidine rings is 1. The van der Waals surface area contributed by atoms with Crippen molar-refractivity contribution in [2.45, 2.75) is 56.3 Å². The predicted molar refractivity (Wildman–Crippen MR) is 142 cm³/mol. The maximum atomic E-state index is 13.4. The summed E-state index contributed by atoms with van der Waals surface area (Å²) < 4.78 is 3.04. The van der Waals surface area contributed by atoms with E-state index in [0.29, 0.717) is 11.3 Å². The number of amides is 3. The number of para-hydroxylation sites is 2. The van der Waals surface area contributed by atoms with Gasteiger partial charge in [0, 0.05) is 12.1 Å². The number of hydrogen-bond acceptors (Lipinski definition) is 7. The zero-order valence-electron chi connectivity index (χ0n) is 20.4. The van der Waals surface area contributed by atoms with E-state index in [1.54, 1.807) is 35.6 Å². The van der Waals surface area contributed by atoms with E-state index in [1.165, 1.54) is 0 Å². The number of fused-ring (bicyclic) bond motifs is 4. The first kappa shape index (κ1) is 23.0. The molecule has 3 aliphatic heterocycles. The van der Waals surface area contributed by atoms with Gasteiger partial charge in [0.05, 0.1) is 40.1 Å². The Labute approximate surface area is 222 Å². The van der Waals surface area contributed by atoms with Crippen molar-refractivity contribution in [3.8, 4) is 10.7 Å². The maximum absolute atomic E-state index is 13.4. The summed E-state index contributed by atoms with van der Waals surface area (Å²) in [6, 6.07) is 14.2. The molecule has 3 atom stereocenters. The van der Waals surface area contributed by atoms with E-state index in [1.807, 2.05) is 40.0 Å². The van der Waals surface area contributed by atoms with E-state index in [4.69, 9.17) is 4.98 Å². The summed E-state index contributed by atoms with van der Waals surface area (Å²) in [5.41, 5.74) is 2.57. The second kappa shape index (κ2) is 9.02. The van der Waals surface area contributed by atoms with E-state index in [-0.39, 0.29) is 42.3 Å². The molecule has 5 heterocycles. The van der Waals surface area contributed by atoms with Crippen molar-refractivity contribution in [1.29, 1.82) is 0 Å². The van der Waals surface area contributed by atoms with Crippen molar-refractivity contribution in [3.63, 3.8) is 0 Å². The van der Waals surface area contributed by atoms with E-state index in [0.717, 1.165) is 46.6 Å². The second-order valence-electron chi connectivity index (χ2n) is 10.1. The third-order valence-corrected chi connectivity index (χ3v) is 8.88. The van der Waals surface area contributed by atoms with Crippen LogP contribution in [0, 0.1) is 0 Å². The fourth-order valence-electron chi connectivity index (χ4n) is 6.04. The van der Waals surface area contributed by atoms with Crippen LogP contribution in [0.3, 0.4) is 0 Å². The molecular weight excluding hydrogens is 502 g/mol. The molecule has 0 saturated carbocycles. The molecule has 2 saturated heterocycles. The summed E-state index contributed by atoms with van der Waals surface area (Å²) >= 11 is 1.60. The molecule has 2 bridgehead atoms. The second-order valence-corrected chi connectivity index (χ2v) is 11.2. The quantitative estimate of drug-likeness (QED) is 0.420. The molecule has 3 aliphatic rings. The fraction of sp³-hybridized carbons (Fsp3) is 0.333. The maximum Gasteiger partial charge on any atom is 0.254 e. The van der Waals surface area contributed by atoms with E-state index in [9.17, 15) is 14.4 Å². The van der Waals surface area contributed by atoms with Crippen molar-refractivity contribution in [2.75, 3.05) is 5.32 Å². The molecular formula is C27H25N7O3S. The number of anilines is 1. The van der Waals surface area contributed by atoms with Crippen LogP contribution in [0.5, 0.6) is 0 Å². The highest BCUT2D eigenvalue weighted by Gasteiger charge is 2.45. The molecule has 4 aromatic rings. The monoisotopic (exact) mass is 527 g/mol. The number of nitrogens with zero attached hydrogens (tertiary/aromatic N) is 5. The standard InChI is InChI=1S/C27H25N7O3S/c35-24(13-21-26(37)28-19-6-2-1-5-18(19)25(36)29-21)34-15-9-10-16(34)12-17(11-15)33-14-22(31-32-33)27-30-20-7-3-4-8-23(20)38-27/h1-8,14-17,21H,9-13H2,(H,28,37)(H,29,36)/t15?,16?,17?,21-/m0/s1. The number of benzene rings is 2. The molecule has 2 aromatic heterocycles. The minimum absolute atomic E-state index is 0.0612. The van der Waals surface area contributed by atoms with Crippen LogP contribution in [-0.4, -0.2) is 60.7 Å². The van der Waals surface area contributed by atoms with E-state index >= 15 is 0 Å². The van der Waals surface area contributed by atoms with Gasteiger partial charge < -0.3 is 15.5 Å². The molecule has 192 valence electrons. The normalized spacial score (nSPS) is 24.6. The Kier molecular flexibility index (Phi) is 5.46. The number of hydrogen-bond donors (Lipinski definition) is 2. The SMILES string of the molecule is O=C1N[C@@H](CC(=O)N2C3CCC2CC(n2cc(-c4nc5ccccc5s4)nn2)C3)C(=O)Nc2ccccc21. The Morgan fingerprint density at radius 2 is 1.76 bits per heavy atom. The summed E-state index contributed by atoms with van der Waals surface area (Å²) in [5, 5.41) is 15.2. The van der Waals surface area contributed by atoms with Crippen molar-refractivity contribution >= 4 is 45.0 Å². The number of thiazole rings is 1. The van der Waals surface area contributed by atoms with Crippen LogP contribution in [0.1, 0.15) is 48.5 Å². The average Bonchev–Trinajstić information content (AvgIpc) is 3.62. The molecule has 2 fully saturated rings.